The summed E-state index contributed by atoms with van der Waals surface area (Å²) in [4.78, 5) is 11.5. The maximum absolute atomic E-state index is 11.5. The van der Waals surface area contributed by atoms with Crippen LogP contribution in [0.1, 0.15) is 72.6 Å². The third kappa shape index (κ3) is 21.8. The van der Waals surface area contributed by atoms with E-state index in [-0.39, 0.29) is 5.97 Å². The van der Waals surface area contributed by atoms with E-state index >= 15 is 0 Å². The second-order valence-electron chi connectivity index (χ2n) is 7.84. The fourth-order valence-electron chi connectivity index (χ4n) is 2.61. The highest BCUT2D eigenvalue weighted by Gasteiger charge is 2.05. The van der Waals surface area contributed by atoms with Crippen LogP contribution in [0.15, 0.2) is 0 Å². The Kier molecular flexibility index (Phi) is 21.5. The lowest BCUT2D eigenvalue weighted by molar-refractivity contribution is -0.144. The Hall–Kier alpha value is -0.690. The second-order valence-corrected chi connectivity index (χ2v) is 7.84. The monoisotopic (exact) mass is 418 g/mol. The summed E-state index contributed by atoms with van der Waals surface area (Å²) in [5, 5.41) is 0. The molecule has 0 heterocycles. The molecule has 0 rings (SSSR count). The molecule has 0 N–H and O–H groups in total. The van der Waals surface area contributed by atoms with Gasteiger partial charge < -0.3 is 23.7 Å². The first-order valence-electron chi connectivity index (χ1n) is 11.6. The van der Waals surface area contributed by atoms with Crippen molar-refractivity contribution in [1.29, 1.82) is 0 Å². The number of carbonyl (C=O) groups excluding carboxylic acids is 1. The highest BCUT2D eigenvalue weighted by molar-refractivity contribution is 5.69. The van der Waals surface area contributed by atoms with Crippen LogP contribution in [-0.4, -0.2) is 65.4 Å². The summed E-state index contributed by atoms with van der Waals surface area (Å²) in [7, 11) is 0. The highest BCUT2D eigenvalue weighted by atomic mass is 16.6. The van der Waals surface area contributed by atoms with Gasteiger partial charge in [-0.2, -0.15) is 0 Å². The van der Waals surface area contributed by atoms with Crippen molar-refractivity contribution >= 4 is 5.97 Å². The van der Waals surface area contributed by atoms with E-state index in [9.17, 15) is 4.79 Å². The van der Waals surface area contributed by atoms with Crippen molar-refractivity contribution in [2.75, 3.05) is 59.5 Å². The van der Waals surface area contributed by atoms with Gasteiger partial charge in [0.2, 0.25) is 0 Å². The molecule has 6 heteroatoms. The van der Waals surface area contributed by atoms with Gasteiger partial charge in [0.25, 0.3) is 0 Å². The van der Waals surface area contributed by atoms with Gasteiger partial charge in [0.15, 0.2) is 0 Å². The van der Waals surface area contributed by atoms with Crippen LogP contribution in [0.5, 0.6) is 0 Å². The van der Waals surface area contributed by atoms with Gasteiger partial charge in [0, 0.05) is 19.6 Å². The molecular weight excluding hydrogens is 372 g/mol. The number of hydrogen-bond acceptors (Lipinski definition) is 6. The Bertz CT molecular complexity index is 348. The van der Waals surface area contributed by atoms with Crippen LogP contribution >= 0.6 is 0 Å². The number of ether oxygens (including phenoxy) is 5. The molecule has 0 saturated carbocycles. The van der Waals surface area contributed by atoms with Gasteiger partial charge in [-0.15, -0.1) is 0 Å². The maximum atomic E-state index is 11.5. The molecule has 0 spiro atoms. The van der Waals surface area contributed by atoms with Gasteiger partial charge in [-0.3, -0.25) is 4.79 Å². The Balaban J connectivity index is 3.23. The minimum atomic E-state index is -0.141. The third-order valence-electron chi connectivity index (χ3n) is 4.64. The quantitative estimate of drug-likeness (QED) is 0.189. The Morgan fingerprint density at radius 1 is 0.724 bits per heavy atom. The largest absolute Gasteiger partial charge is 0.466 e. The Morgan fingerprint density at radius 2 is 1.31 bits per heavy atom. The van der Waals surface area contributed by atoms with Crippen LogP contribution in [-0.2, 0) is 28.5 Å². The van der Waals surface area contributed by atoms with E-state index in [2.05, 4.69) is 27.7 Å². The molecule has 29 heavy (non-hydrogen) atoms. The fraction of sp³-hybridized carbons (Fsp3) is 0.957. The standard InChI is InChI=1S/C23H46O6/c1-5-7-9-22(6-2)20-28-19-18-27-17-16-26-15-14-25-12-8-10-23(24)29-13-11-21(3)4/h21-22H,5-20H2,1-4H3. The number of hydrogen-bond donors (Lipinski definition) is 0. The van der Waals surface area contributed by atoms with Crippen molar-refractivity contribution in [3.8, 4) is 0 Å². The van der Waals surface area contributed by atoms with Crippen LogP contribution in [0.3, 0.4) is 0 Å². The molecule has 0 radical (unpaired) electrons. The molecule has 0 aliphatic carbocycles. The highest BCUT2D eigenvalue weighted by Crippen LogP contribution is 2.12. The van der Waals surface area contributed by atoms with Crippen LogP contribution in [0.2, 0.25) is 0 Å². The average molecular weight is 419 g/mol. The maximum Gasteiger partial charge on any atom is 0.305 e. The predicted octanol–water partition coefficient (Wildman–Crippen LogP) is 4.64. The molecule has 174 valence electrons. The zero-order valence-corrected chi connectivity index (χ0v) is 19.4. The van der Waals surface area contributed by atoms with E-state index in [1.807, 2.05) is 0 Å². The topological polar surface area (TPSA) is 63.2 Å². The summed E-state index contributed by atoms with van der Waals surface area (Å²) in [5.41, 5.74) is 0. The van der Waals surface area contributed by atoms with Crippen molar-refractivity contribution in [2.24, 2.45) is 11.8 Å². The first-order chi connectivity index (χ1) is 14.1. The number of esters is 1. The van der Waals surface area contributed by atoms with E-state index in [0.717, 1.165) is 13.0 Å². The van der Waals surface area contributed by atoms with Crippen molar-refractivity contribution in [3.05, 3.63) is 0 Å². The normalized spacial score (nSPS) is 12.4. The van der Waals surface area contributed by atoms with Gasteiger partial charge >= 0.3 is 5.97 Å². The lowest BCUT2D eigenvalue weighted by Gasteiger charge is -2.14. The lowest BCUT2D eigenvalue weighted by atomic mass is 10.0. The van der Waals surface area contributed by atoms with Gasteiger partial charge in [0.1, 0.15) is 0 Å². The van der Waals surface area contributed by atoms with Crippen molar-refractivity contribution in [1.82, 2.24) is 0 Å². The molecule has 0 aromatic rings. The zero-order valence-electron chi connectivity index (χ0n) is 19.4. The Labute approximate surface area is 178 Å². The van der Waals surface area contributed by atoms with E-state index in [0.29, 0.717) is 77.5 Å². The smallest absolute Gasteiger partial charge is 0.305 e. The first kappa shape index (κ1) is 28.3. The summed E-state index contributed by atoms with van der Waals surface area (Å²) in [5.74, 6) is 1.09. The first-order valence-corrected chi connectivity index (χ1v) is 11.6. The number of rotatable bonds is 22. The molecule has 0 fully saturated rings. The van der Waals surface area contributed by atoms with Crippen LogP contribution < -0.4 is 0 Å². The van der Waals surface area contributed by atoms with E-state index in [1.54, 1.807) is 0 Å². The minimum absolute atomic E-state index is 0.141. The molecule has 1 unspecified atom stereocenters. The molecule has 0 amide bonds. The van der Waals surface area contributed by atoms with E-state index in [4.69, 9.17) is 23.7 Å². The Morgan fingerprint density at radius 3 is 1.86 bits per heavy atom. The van der Waals surface area contributed by atoms with Crippen molar-refractivity contribution < 1.29 is 28.5 Å². The number of unbranched alkanes of at least 4 members (excludes halogenated alkanes) is 1. The van der Waals surface area contributed by atoms with E-state index < -0.39 is 0 Å². The van der Waals surface area contributed by atoms with Crippen LogP contribution in [0.4, 0.5) is 0 Å². The third-order valence-corrected chi connectivity index (χ3v) is 4.64. The van der Waals surface area contributed by atoms with Crippen LogP contribution in [0.25, 0.3) is 0 Å². The summed E-state index contributed by atoms with van der Waals surface area (Å²) in [6, 6.07) is 0. The summed E-state index contributed by atoms with van der Waals surface area (Å²) < 4.78 is 27.3. The molecule has 0 saturated heterocycles. The van der Waals surface area contributed by atoms with E-state index in [1.165, 1.54) is 25.7 Å². The van der Waals surface area contributed by atoms with Gasteiger partial charge in [-0.05, 0) is 31.1 Å². The zero-order chi connectivity index (χ0) is 21.6. The molecule has 0 aliphatic rings. The second kappa shape index (κ2) is 22.0. The summed E-state index contributed by atoms with van der Waals surface area (Å²) in [6.07, 6.45) is 6.97. The van der Waals surface area contributed by atoms with Crippen molar-refractivity contribution in [3.63, 3.8) is 0 Å². The van der Waals surface area contributed by atoms with Crippen molar-refractivity contribution in [2.45, 2.75) is 72.6 Å². The predicted molar refractivity (Wildman–Crippen MR) is 116 cm³/mol. The SMILES string of the molecule is CCCCC(CC)COCCOCCOCCOCCCC(=O)OCCC(C)C. The van der Waals surface area contributed by atoms with Crippen LogP contribution in [0, 0.1) is 11.8 Å². The molecule has 1 atom stereocenters. The average Bonchev–Trinajstić information content (AvgIpc) is 2.70. The fourth-order valence-corrected chi connectivity index (χ4v) is 2.61. The number of carbonyl (C=O) groups is 1. The molecule has 0 aliphatic heterocycles. The lowest BCUT2D eigenvalue weighted by Crippen LogP contribution is -2.14. The summed E-state index contributed by atoms with van der Waals surface area (Å²) in [6.45, 7) is 14.0. The molecule has 0 bridgehead atoms. The minimum Gasteiger partial charge on any atom is -0.466 e. The molecule has 6 nitrogen and oxygen atoms in total. The van der Waals surface area contributed by atoms with Gasteiger partial charge in [-0.1, -0.05) is 47.0 Å². The van der Waals surface area contributed by atoms with Gasteiger partial charge in [-0.25, -0.2) is 0 Å². The molecular formula is C23H46O6. The molecule has 0 aromatic carbocycles. The molecule has 0 aromatic heterocycles. The van der Waals surface area contributed by atoms with Gasteiger partial charge in [0.05, 0.1) is 46.2 Å². The summed E-state index contributed by atoms with van der Waals surface area (Å²) >= 11 is 0.